The molecule has 1 atom stereocenters. The van der Waals surface area contributed by atoms with Crippen molar-refractivity contribution in [1.82, 2.24) is 0 Å². The lowest BCUT2D eigenvalue weighted by Gasteiger charge is -2.11. The van der Waals surface area contributed by atoms with Crippen molar-refractivity contribution in [3.8, 4) is 0 Å². The minimum Gasteiger partial charge on any atom is -0.446 e. The standard InChI is InChI=1S/C9H6ClFN2O2/c10-4-2-1-3-5(11)6(4)7-8(14)13-9(12)15-7/h1-3,7H,(H2,12,13,14). The number of nitrogens with zero attached hydrogens (tertiary/aromatic N) is 1. The van der Waals surface area contributed by atoms with Gasteiger partial charge in [0.25, 0.3) is 11.9 Å². The van der Waals surface area contributed by atoms with Crippen LogP contribution in [0.5, 0.6) is 0 Å². The van der Waals surface area contributed by atoms with Crippen LogP contribution in [0, 0.1) is 5.82 Å². The highest BCUT2D eigenvalue weighted by molar-refractivity contribution is 6.31. The van der Waals surface area contributed by atoms with E-state index in [0.29, 0.717) is 0 Å². The predicted octanol–water partition coefficient (Wildman–Crippen LogP) is 1.39. The second kappa shape index (κ2) is 3.51. The number of nitrogens with two attached hydrogens (primary N) is 1. The zero-order chi connectivity index (χ0) is 11.0. The monoisotopic (exact) mass is 228 g/mol. The maximum Gasteiger partial charge on any atom is 0.296 e. The van der Waals surface area contributed by atoms with Crippen LogP contribution in [0.1, 0.15) is 11.7 Å². The van der Waals surface area contributed by atoms with Crippen LogP contribution in [0.15, 0.2) is 23.2 Å². The van der Waals surface area contributed by atoms with Crippen molar-refractivity contribution in [2.45, 2.75) is 6.10 Å². The molecule has 1 unspecified atom stereocenters. The number of halogens is 2. The molecular formula is C9H6ClFN2O2. The maximum absolute atomic E-state index is 13.4. The van der Waals surface area contributed by atoms with Crippen molar-refractivity contribution in [3.63, 3.8) is 0 Å². The Hall–Kier alpha value is -1.62. The van der Waals surface area contributed by atoms with Crippen LogP contribution < -0.4 is 5.73 Å². The summed E-state index contributed by atoms with van der Waals surface area (Å²) in [5.41, 5.74) is 5.16. The van der Waals surface area contributed by atoms with Gasteiger partial charge in [0.2, 0.25) is 6.10 Å². The molecule has 2 rings (SSSR count). The lowest BCUT2D eigenvalue weighted by molar-refractivity contribution is -0.123. The molecule has 0 saturated heterocycles. The molecule has 1 aromatic carbocycles. The average molecular weight is 229 g/mol. The number of amides is 1. The van der Waals surface area contributed by atoms with Gasteiger partial charge in [0.05, 0.1) is 10.6 Å². The van der Waals surface area contributed by atoms with E-state index in [2.05, 4.69) is 4.99 Å². The van der Waals surface area contributed by atoms with Crippen LogP contribution in [-0.4, -0.2) is 11.9 Å². The summed E-state index contributed by atoms with van der Waals surface area (Å²) < 4.78 is 18.3. The van der Waals surface area contributed by atoms with Crippen molar-refractivity contribution in [2.75, 3.05) is 0 Å². The summed E-state index contributed by atoms with van der Waals surface area (Å²) in [5, 5.41) is 0.109. The molecular weight excluding hydrogens is 223 g/mol. The molecule has 1 amide bonds. The van der Waals surface area contributed by atoms with E-state index in [1.807, 2.05) is 0 Å². The van der Waals surface area contributed by atoms with E-state index < -0.39 is 17.8 Å². The Labute approximate surface area is 89.5 Å². The van der Waals surface area contributed by atoms with Gasteiger partial charge in [-0.25, -0.2) is 4.39 Å². The smallest absolute Gasteiger partial charge is 0.296 e. The summed E-state index contributed by atoms with van der Waals surface area (Å²) in [4.78, 5) is 14.6. The van der Waals surface area contributed by atoms with E-state index in [0.717, 1.165) is 0 Å². The van der Waals surface area contributed by atoms with Crippen molar-refractivity contribution in [2.24, 2.45) is 10.7 Å². The molecule has 1 aromatic rings. The Kier molecular flexibility index (Phi) is 2.32. The van der Waals surface area contributed by atoms with Gasteiger partial charge >= 0.3 is 0 Å². The van der Waals surface area contributed by atoms with E-state index >= 15 is 0 Å². The highest BCUT2D eigenvalue weighted by Gasteiger charge is 2.33. The molecule has 2 N–H and O–H groups in total. The Morgan fingerprint density at radius 1 is 1.53 bits per heavy atom. The first-order valence-corrected chi connectivity index (χ1v) is 4.46. The van der Waals surface area contributed by atoms with E-state index in [1.165, 1.54) is 18.2 Å². The second-order valence-corrected chi connectivity index (χ2v) is 3.33. The van der Waals surface area contributed by atoms with Gasteiger partial charge in [-0.1, -0.05) is 17.7 Å². The summed E-state index contributed by atoms with van der Waals surface area (Å²) in [6, 6.07) is 3.81. The molecule has 6 heteroatoms. The average Bonchev–Trinajstić information content (AvgIpc) is 2.45. The zero-order valence-corrected chi connectivity index (χ0v) is 8.16. The number of hydrogen-bond acceptors (Lipinski definition) is 3. The van der Waals surface area contributed by atoms with Crippen molar-refractivity contribution in [3.05, 3.63) is 34.6 Å². The first-order chi connectivity index (χ1) is 7.09. The third kappa shape index (κ3) is 1.66. The summed E-state index contributed by atoms with van der Waals surface area (Å²) in [5.74, 6) is -1.27. The van der Waals surface area contributed by atoms with Gasteiger partial charge < -0.3 is 10.5 Å². The quantitative estimate of drug-likeness (QED) is 0.790. The normalized spacial score (nSPS) is 20.0. The lowest BCUT2D eigenvalue weighted by Crippen LogP contribution is -2.15. The van der Waals surface area contributed by atoms with E-state index in [9.17, 15) is 9.18 Å². The zero-order valence-electron chi connectivity index (χ0n) is 7.41. The molecule has 0 aromatic heterocycles. The third-order valence-electron chi connectivity index (χ3n) is 1.95. The largest absolute Gasteiger partial charge is 0.446 e. The Morgan fingerprint density at radius 2 is 2.27 bits per heavy atom. The molecule has 1 aliphatic heterocycles. The van der Waals surface area contributed by atoms with Gasteiger partial charge in [0.1, 0.15) is 5.82 Å². The van der Waals surface area contributed by atoms with Crippen LogP contribution in [0.4, 0.5) is 4.39 Å². The summed E-state index contributed by atoms with van der Waals surface area (Å²) >= 11 is 5.76. The SMILES string of the molecule is NC1=NC(=O)C(c2c(F)cccc2Cl)O1. The number of amidine groups is 1. The minimum absolute atomic E-state index is 0.0339. The molecule has 0 saturated carbocycles. The molecule has 0 fully saturated rings. The summed E-state index contributed by atoms with van der Waals surface area (Å²) in [6.45, 7) is 0. The number of aliphatic imine (C=N–C) groups is 1. The second-order valence-electron chi connectivity index (χ2n) is 2.92. The molecule has 78 valence electrons. The molecule has 0 spiro atoms. The molecule has 0 bridgehead atoms. The molecule has 0 aliphatic carbocycles. The summed E-state index contributed by atoms with van der Waals surface area (Å²) in [7, 11) is 0. The Bertz CT molecular complexity index is 441. The number of benzene rings is 1. The van der Waals surface area contributed by atoms with Crippen molar-refractivity contribution in [1.29, 1.82) is 0 Å². The van der Waals surface area contributed by atoms with Crippen LogP contribution in [-0.2, 0) is 9.53 Å². The molecule has 15 heavy (non-hydrogen) atoms. The van der Waals surface area contributed by atoms with Gasteiger partial charge in [0, 0.05) is 0 Å². The maximum atomic E-state index is 13.4. The van der Waals surface area contributed by atoms with Crippen LogP contribution in [0.2, 0.25) is 5.02 Å². The minimum atomic E-state index is -1.17. The van der Waals surface area contributed by atoms with Gasteiger partial charge in [-0.2, -0.15) is 4.99 Å². The van der Waals surface area contributed by atoms with E-state index in [4.69, 9.17) is 22.1 Å². The van der Waals surface area contributed by atoms with Crippen molar-refractivity contribution >= 4 is 23.5 Å². The number of hydrogen-bond donors (Lipinski definition) is 1. The Balaban J connectivity index is 2.44. The molecule has 1 aliphatic rings. The Morgan fingerprint density at radius 3 is 2.80 bits per heavy atom. The van der Waals surface area contributed by atoms with Crippen LogP contribution in [0.3, 0.4) is 0 Å². The first-order valence-electron chi connectivity index (χ1n) is 4.08. The molecule has 0 radical (unpaired) electrons. The van der Waals surface area contributed by atoms with E-state index in [-0.39, 0.29) is 16.6 Å². The van der Waals surface area contributed by atoms with Crippen LogP contribution >= 0.6 is 11.6 Å². The summed E-state index contributed by atoms with van der Waals surface area (Å²) in [6.07, 6.45) is -1.17. The van der Waals surface area contributed by atoms with Gasteiger partial charge in [0.15, 0.2) is 0 Å². The van der Waals surface area contributed by atoms with E-state index in [1.54, 1.807) is 0 Å². The molecule has 4 nitrogen and oxygen atoms in total. The number of carbonyl (C=O) groups is 1. The van der Waals surface area contributed by atoms with Gasteiger partial charge in [-0.3, -0.25) is 4.79 Å². The highest BCUT2D eigenvalue weighted by atomic mass is 35.5. The number of ether oxygens (including phenoxy) is 1. The third-order valence-corrected chi connectivity index (χ3v) is 2.27. The fourth-order valence-electron chi connectivity index (χ4n) is 1.31. The number of carbonyl (C=O) groups excluding carboxylic acids is 1. The van der Waals surface area contributed by atoms with Gasteiger partial charge in [-0.15, -0.1) is 0 Å². The first kappa shape index (κ1) is 9.92. The number of rotatable bonds is 1. The predicted molar refractivity (Wildman–Crippen MR) is 51.9 cm³/mol. The fourth-order valence-corrected chi connectivity index (χ4v) is 1.57. The van der Waals surface area contributed by atoms with Crippen molar-refractivity contribution < 1.29 is 13.9 Å². The highest BCUT2D eigenvalue weighted by Crippen LogP contribution is 2.31. The lowest BCUT2D eigenvalue weighted by atomic mass is 10.1. The fraction of sp³-hybridized carbons (Fsp3) is 0.111. The molecule has 1 heterocycles. The van der Waals surface area contributed by atoms with Crippen LogP contribution in [0.25, 0.3) is 0 Å². The van der Waals surface area contributed by atoms with Gasteiger partial charge in [-0.05, 0) is 12.1 Å². The topological polar surface area (TPSA) is 64.7 Å².